The van der Waals surface area contributed by atoms with Crippen LogP contribution >= 0.6 is 0 Å². The van der Waals surface area contributed by atoms with E-state index in [-0.39, 0.29) is 11.6 Å². The van der Waals surface area contributed by atoms with Gasteiger partial charge in [-0.25, -0.2) is 0 Å². The van der Waals surface area contributed by atoms with Gasteiger partial charge in [0.25, 0.3) is 0 Å². The van der Waals surface area contributed by atoms with E-state index in [0.717, 1.165) is 19.3 Å². The van der Waals surface area contributed by atoms with Crippen molar-refractivity contribution in [2.24, 2.45) is 11.8 Å². The van der Waals surface area contributed by atoms with Crippen LogP contribution in [0.1, 0.15) is 65.7 Å². The maximum atomic E-state index is 11.9. The summed E-state index contributed by atoms with van der Waals surface area (Å²) in [5.41, 5.74) is 0. The predicted octanol–water partition coefficient (Wildman–Crippen LogP) is 3.32. The number of carbonyl (C=O) groups excluding carboxylic acids is 3. The number of Topliss-reactive ketones (excluding diaryl/α,β-unsaturated/α-hetero) is 2. The summed E-state index contributed by atoms with van der Waals surface area (Å²) in [6.07, 6.45) is 7.06. The Balaban J connectivity index is 4.02. The average Bonchev–Trinajstić information content (AvgIpc) is 2.47. The molecule has 0 bridgehead atoms. The number of hydrogen-bond donors (Lipinski definition) is 0. The summed E-state index contributed by atoms with van der Waals surface area (Å²) < 4.78 is 4.53. The quantitative estimate of drug-likeness (QED) is 0.332. The second kappa shape index (κ2) is 10.6. The third-order valence-corrected chi connectivity index (χ3v) is 3.67. The molecule has 20 heavy (non-hydrogen) atoms. The first-order chi connectivity index (χ1) is 9.45. The smallest absolute Gasteiger partial charge is 0.315 e. The van der Waals surface area contributed by atoms with Crippen molar-refractivity contribution >= 4 is 17.5 Å². The van der Waals surface area contributed by atoms with Crippen LogP contribution in [0, 0.1) is 11.8 Å². The molecule has 0 aliphatic carbocycles. The minimum absolute atomic E-state index is 0.0683. The normalized spacial score (nSPS) is 13.6. The number of ether oxygens (including phenoxy) is 1. The molecule has 0 saturated heterocycles. The predicted molar refractivity (Wildman–Crippen MR) is 78.4 cm³/mol. The van der Waals surface area contributed by atoms with E-state index in [1.54, 1.807) is 6.92 Å². The zero-order valence-electron chi connectivity index (χ0n) is 13.2. The van der Waals surface area contributed by atoms with Crippen molar-refractivity contribution in [1.29, 1.82) is 0 Å². The van der Waals surface area contributed by atoms with Crippen LogP contribution in [-0.2, 0) is 19.1 Å². The molecule has 0 fully saturated rings. The van der Waals surface area contributed by atoms with Crippen molar-refractivity contribution in [3.05, 3.63) is 0 Å². The lowest BCUT2D eigenvalue weighted by atomic mass is 9.90. The van der Waals surface area contributed by atoms with Crippen LogP contribution in [0.5, 0.6) is 0 Å². The van der Waals surface area contributed by atoms with Gasteiger partial charge in [-0.05, 0) is 20.3 Å². The molecule has 116 valence electrons. The first-order valence-electron chi connectivity index (χ1n) is 7.59. The van der Waals surface area contributed by atoms with Crippen molar-refractivity contribution in [3.63, 3.8) is 0 Å². The number of hydrogen-bond acceptors (Lipinski definition) is 4. The van der Waals surface area contributed by atoms with Crippen LogP contribution in [0.4, 0.5) is 0 Å². The molecule has 0 aromatic heterocycles. The first kappa shape index (κ1) is 18.8. The summed E-state index contributed by atoms with van der Waals surface area (Å²) >= 11 is 0. The van der Waals surface area contributed by atoms with Gasteiger partial charge in [0.2, 0.25) is 0 Å². The Morgan fingerprint density at radius 2 is 1.45 bits per heavy atom. The molecule has 0 saturated carbocycles. The van der Waals surface area contributed by atoms with Gasteiger partial charge in [0.05, 0.1) is 13.0 Å². The molecule has 0 radical (unpaired) electrons. The molecule has 2 unspecified atom stereocenters. The summed E-state index contributed by atoms with van der Waals surface area (Å²) in [4.78, 5) is 35.1. The summed E-state index contributed by atoms with van der Waals surface area (Å²) in [6, 6.07) is 0. The van der Waals surface area contributed by atoms with E-state index < -0.39 is 17.8 Å². The monoisotopic (exact) mass is 284 g/mol. The molecule has 0 rings (SSSR count). The van der Waals surface area contributed by atoms with Gasteiger partial charge in [0, 0.05) is 6.42 Å². The Morgan fingerprint density at radius 3 is 2.00 bits per heavy atom. The van der Waals surface area contributed by atoms with Crippen molar-refractivity contribution in [1.82, 2.24) is 0 Å². The number of rotatable bonds is 11. The fraction of sp³-hybridized carbons (Fsp3) is 0.812. The lowest BCUT2D eigenvalue weighted by molar-refractivity contribution is -0.150. The maximum Gasteiger partial charge on any atom is 0.315 e. The molecule has 0 heterocycles. The minimum atomic E-state index is -0.858. The Morgan fingerprint density at radius 1 is 0.900 bits per heavy atom. The molecule has 4 nitrogen and oxygen atoms in total. The van der Waals surface area contributed by atoms with Crippen LogP contribution in [-0.4, -0.2) is 24.6 Å². The fourth-order valence-corrected chi connectivity index (χ4v) is 2.12. The van der Waals surface area contributed by atoms with E-state index in [1.807, 2.05) is 0 Å². The van der Waals surface area contributed by atoms with Crippen molar-refractivity contribution in [3.8, 4) is 0 Å². The SMILES string of the molecule is CCCCCCCCC(=O)C(C)C(=O)C(C)C(=O)OC. The minimum Gasteiger partial charge on any atom is -0.468 e. The second-order valence-electron chi connectivity index (χ2n) is 5.35. The summed E-state index contributed by atoms with van der Waals surface area (Å²) in [5.74, 6) is -2.55. The molecule has 0 aromatic carbocycles. The van der Waals surface area contributed by atoms with E-state index in [2.05, 4.69) is 11.7 Å². The largest absolute Gasteiger partial charge is 0.468 e. The molecule has 0 aliphatic heterocycles. The summed E-state index contributed by atoms with van der Waals surface area (Å²) in [7, 11) is 1.24. The number of unbranched alkanes of at least 4 members (excludes halogenated alkanes) is 5. The van der Waals surface area contributed by atoms with Gasteiger partial charge in [-0.2, -0.15) is 0 Å². The standard InChI is InChI=1S/C16H28O4/c1-5-6-7-8-9-10-11-14(17)12(2)15(18)13(3)16(19)20-4/h12-13H,5-11H2,1-4H3. The third kappa shape index (κ3) is 6.83. The Hall–Kier alpha value is -1.19. The molecule has 0 spiro atoms. The average molecular weight is 284 g/mol. The van der Waals surface area contributed by atoms with Gasteiger partial charge < -0.3 is 4.74 Å². The van der Waals surface area contributed by atoms with Crippen LogP contribution in [0.25, 0.3) is 0 Å². The van der Waals surface area contributed by atoms with Crippen LogP contribution in [0.3, 0.4) is 0 Å². The molecule has 2 atom stereocenters. The van der Waals surface area contributed by atoms with Gasteiger partial charge in [0.1, 0.15) is 11.7 Å². The highest BCUT2D eigenvalue weighted by Gasteiger charge is 2.30. The lowest BCUT2D eigenvalue weighted by Crippen LogP contribution is -2.31. The van der Waals surface area contributed by atoms with Gasteiger partial charge in [-0.1, -0.05) is 39.0 Å². The van der Waals surface area contributed by atoms with Crippen molar-refractivity contribution < 1.29 is 19.1 Å². The van der Waals surface area contributed by atoms with E-state index >= 15 is 0 Å². The Labute approximate surface area is 122 Å². The maximum absolute atomic E-state index is 11.9. The fourth-order valence-electron chi connectivity index (χ4n) is 2.12. The zero-order chi connectivity index (χ0) is 15.5. The second-order valence-corrected chi connectivity index (χ2v) is 5.35. The van der Waals surface area contributed by atoms with Crippen LogP contribution < -0.4 is 0 Å². The van der Waals surface area contributed by atoms with Crippen LogP contribution in [0.15, 0.2) is 0 Å². The molecule has 0 N–H and O–H groups in total. The van der Waals surface area contributed by atoms with E-state index in [0.29, 0.717) is 6.42 Å². The molecule has 0 aliphatic rings. The first-order valence-corrected chi connectivity index (χ1v) is 7.59. The summed E-state index contributed by atoms with van der Waals surface area (Å²) in [6.45, 7) is 5.24. The van der Waals surface area contributed by atoms with E-state index in [4.69, 9.17) is 0 Å². The number of carbonyl (C=O) groups is 3. The summed E-state index contributed by atoms with van der Waals surface area (Å²) in [5, 5.41) is 0. The van der Waals surface area contributed by atoms with Gasteiger partial charge in [-0.15, -0.1) is 0 Å². The van der Waals surface area contributed by atoms with Crippen molar-refractivity contribution in [2.45, 2.75) is 65.7 Å². The third-order valence-electron chi connectivity index (χ3n) is 3.67. The number of methoxy groups -OCH3 is 1. The topological polar surface area (TPSA) is 60.4 Å². The Kier molecular flexibility index (Phi) is 9.95. The highest BCUT2D eigenvalue weighted by atomic mass is 16.5. The zero-order valence-corrected chi connectivity index (χ0v) is 13.2. The molecular formula is C16H28O4. The van der Waals surface area contributed by atoms with Crippen molar-refractivity contribution in [2.75, 3.05) is 7.11 Å². The van der Waals surface area contributed by atoms with Gasteiger partial charge in [0.15, 0.2) is 5.78 Å². The lowest BCUT2D eigenvalue weighted by Gasteiger charge is -2.13. The Bertz CT molecular complexity index is 322. The van der Waals surface area contributed by atoms with E-state index in [9.17, 15) is 14.4 Å². The molecular weight excluding hydrogens is 256 g/mol. The number of ketones is 2. The van der Waals surface area contributed by atoms with Crippen LogP contribution in [0.2, 0.25) is 0 Å². The number of esters is 1. The molecule has 4 heteroatoms. The molecule has 0 aromatic rings. The highest BCUT2D eigenvalue weighted by Crippen LogP contribution is 2.14. The van der Waals surface area contributed by atoms with Gasteiger partial charge in [-0.3, -0.25) is 14.4 Å². The van der Waals surface area contributed by atoms with Gasteiger partial charge >= 0.3 is 5.97 Å². The highest BCUT2D eigenvalue weighted by molar-refractivity contribution is 6.09. The van der Waals surface area contributed by atoms with E-state index in [1.165, 1.54) is 33.3 Å². The molecule has 0 amide bonds.